The monoisotopic (exact) mass is 267 g/mol. The summed E-state index contributed by atoms with van der Waals surface area (Å²) in [7, 11) is 1.47. The van der Waals surface area contributed by atoms with Crippen LogP contribution in [0.4, 0.5) is 4.39 Å². The van der Waals surface area contributed by atoms with Gasteiger partial charge < -0.3 is 9.84 Å². The lowest BCUT2D eigenvalue weighted by Crippen LogP contribution is -2.42. The fraction of sp³-hybridized carbons (Fsp3) is 0.600. The van der Waals surface area contributed by atoms with Crippen LogP contribution in [0.1, 0.15) is 25.3 Å². The number of benzene rings is 1. The molecule has 1 heterocycles. The number of methoxy groups -OCH3 is 1. The molecule has 0 radical (unpaired) electrons. The highest BCUT2D eigenvalue weighted by molar-refractivity contribution is 5.29. The maximum Gasteiger partial charge on any atom is 0.165 e. The molecule has 1 aromatic rings. The van der Waals surface area contributed by atoms with Crippen LogP contribution in [-0.4, -0.2) is 36.3 Å². The molecular formula is C15H22FNO2. The van der Waals surface area contributed by atoms with Crippen molar-refractivity contribution in [1.29, 1.82) is 0 Å². The molecule has 4 heteroatoms. The van der Waals surface area contributed by atoms with Gasteiger partial charge in [-0.25, -0.2) is 4.39 Å². The van der Waals surface area contributed by atoms with Crippen LogP contribution in [0.15, 0.2) is 18.2 Å². The molecule has 0 spiro atoms. The summed E-state index contributed by atoms with van der Waals surface area (Å²) < 4.78 is 18.6. The summed E-state index contributed by atoms with van der Waals surface area (Å²) in [6, 6.07) is 5.58. The average Bonchev–Trinajstić information content (AvgIpc) is 2.41. The molecule has 1 aromatic carbocycles. The van der Waals surface area contributed by atoms with Gasteiger partial charge in [0.05, 0.1) is 7.11 Å². The third-order valence-corrected chi connectivity index (χ3v) is 3.97. The number of halogens is 1. The summed E-state index contributed by atoms with van der Waals surface area (Å²) in [5.41, 5.74) is 0.948. The Kier molecular flexibility index (Phi) is 4.77. The zero-order chi connectivity index (χ0) is 13.8. The zero-order valence-corrected chi connectivity index (χ0v) is 11.6. The number of piperidine rings is 1. The second kappa shape index (κ2) is 6.35. The van der Waals surface area contributed by atoms with Gasteiger partial charge in [-0.3, -0.25) is 4.90 Å². The maximum absolute atomic E-state index is 13.7. The topological polar surface area (TPSA) is 32.7 Å². The van der Waals surface area contributed by atoms with Gasteiger partial charge in [0.15, 0.2) is 11.6 Å². The minimum absolute atomic E-state index is 0.236. The fourth-order valence-electron chi connectivity index (χ4n) is 2.67. The molecule has 0 saturated carbocycles. The largest absolute Gasteiger partial charge is 0.494 e. The molecule has 1 aliphatic heterocycles. The molecule has 1 aliphatic rings. The van der Waals surface area contributed by atoms with Crippen molar-refractivity contribution >= 4 is 0 Å². The summed E-state index contributed by atoms with van der Waals surface area (Å²) in [6.45, 7) is 4.03. The highest BCUT2D eigenvalue weighted by atomic mass is 19.1. The van der Waals surface area contributed by atoms with Crippen LogP contribution in [0.5, 0.6) is 5.75 Å². The first-order valence-corrected chi connectivity index (χ1v) is 6.81. The highest BCUT2D eigenvalue weighted by Crippen LogP contribution is 2.25. The van der Waals surface area contributed by atoms with Gasteiger partial charge in [-0.1, -0.05) is 6.07 Å². The van der Waals surface area contributed by atoms with E-state index in [2.05, 4.69) is 11.8 Å². The van der Waals surface area contributed by atoms with Crippen LogP contribution in [0.2, 0.25) is 0 Å². The van der Waals surface area contributed by atoms with Crippen molar-refractivity contribution in [3.05, 3.63) is 29.6 Å². The van der Waals surface area contributed by atoms with Crippen LogP contribution in [0.25, 0.3) is 0 Å². The molecule has 0 aliphatic carbocycles. The number of aliphatic hydroxyl groups is 1. The molecule has 1 fully saturated rings. The van der Waals surface area contributed by atoms with E-state index in [1.807, 2.05) is 6.07 Å². The summed E-state index contributed by atoms with van der Waals surface area (Å²) >= 11 is 0. The van der Waals surface area contributed by atoms with Crippen molar-refractivity contribution < 1.29 is 14.2 Å². The van der Waals surface area contributed by atoms with Crippen LogP contribution >= 0.6 is 0 Å². The summed E-state index contributed by atoms with van der Waals surface area (Å²) in [4.78, 5) is 2.31. The van der Waals surface area contributed by atoms with Crippen LogP contribution in [0.3, 0.4) is 0 Å². The first kappa shape index (κ1) is 14.3. The van der Waals surface area contributed by atoms with Crippen molar-refractivity contribution in [2.24, 2.45) is 5.92 Å². The van der Waals surface area contributed by atoms with E-state index in [9.17, 15) is 9.50 Å². The van der Waals surface area contributed by atoms with Gasteiger partial charge in [0.1, 0.15) is 0 Å². The van der Waals surface area contributed by atoms with Gasteiger partial charge in [0.25, 0.3) is 0 Å². The Labute approximate surface area is 114 Å². The SMILES string of the molecule is COc1ccc(CN2CC(CO)CCC2C)cc1F. The molecule has 2 rings (SSSR count). The standard InChI is InChI=1S/C15H22FNO2/c1-11-3-4-13(10-18)9-17(11)8-12-5-6-15(19-2)14(16)7-12/h5-7,11,13,18H,3-4,8-10H2,1-2H3. The molecule has 2 unspecified atom stereocenters. The van der Waals surface area contributed by atoms with Crippen molar-refractivity contribution in [2.75, 3.05) is 20.3 Å². The second-order valence-electron chi connectivity index (χ2n) is 5.37. The Balaban J connectivity index is 2.05. The Morgan fingerprint density at radius 1 is 1.42 bits per heavy atom. The molecule has 2 atom stereocenters. The lowest BCUT2D eigenvalue weighted by atomic mass is 9.93. The van der Waals surface area contributed by atoms with Crippen molar-refractivity contribution in [2.45, 2.75) is 32.4 Å². The smallest absolute Gasteiger partial charge is 0.165 e. The molecule has 3 nitrogen and oxygen atoms in total. The number of ether oxygens (including phenoxy) is 1. The summed E-state index contributed by atoms with van der Waals surface area (Å²) in [6.07, 6.45) is 2.16. The molecule has 1 N–H and O–H groups in total. The van der Waals surface area contributed by atoms with Crippen LogP contribution < -0.4 is 4.74 Å². The summed E-state index contributed by atoms with van der Waals surface area (Å²) in [5.74, 6) is 0.311. The first-order valence-electron chi connectivity index (χ1n) is 6.81. The number of aliphatic hydroxyl groups excluding tert-OH is 1. The van der Waals surface area contributed by atoms with Crippen molar-refractivity contribution in [3.63, 3.8) is 0 Å². The van der Waals surface area contributed by atoms with Gasteiger partial charge in [0, 0.05) is 25.7 Å². The minimum Gasteiger partial charge on any atom is -0.494 e. The van der Waals surface area contributed by atoms with Gasteiger partial charge in [0.2, 0.25) is 0 Å². The Morgan fingerprint density at radius 3 is 2.84 bits per heavy atom. The van der Waals surface area contributed by atoms with E-state index < -0.39 is 0 Å². The predicted molar refractivity (Wildman–Crippen MR) is 72.6 cm³/mol. The van der Waals surface area contributed by atoms with Gasteiger partial charge >= 0.3 is 0 Å². The quantitative estimate of drug-likeness (QED) is 0.909. The average molecular weight is 267 g/mol. The third-order valence-electron chi connectivity index (χ3n) is 3.97. The van der Waals surface area contributed by atoms with Crippen LogP contribution in [-0.2, 0) is 6.54 Å². The fourth-order valence-corrected chi connectivity index (χ4v) is 2.67. The minimum atomic E-state index is -0.316. The predicted octanol–water partition coefficient (Wildman–Crippen LogP) is 2.43. The zero-order valence-electron chi connectivity index (χ0n) is 11.6. The maximum atomic E-state index is 13.7. The van der Waals surface area contributed by atoms with Crippen molar-refractivity contribution in [3.8, 4) is 5.75 Å². The first-order chi connectivity index (χ1) is 9.13. The lowest BCUT2D eigenvalue weighted by molar-refractivity contribution is 0.0771. The van der Waals surface area contributed by atoms with E-state index in [1.165, 1.54) is 13.2 Å². The molecule has 0 amide bonds. The normalized spacial score (nSPS) is 24.4. The van der Waals surface area contributed by atoms with E-state index in [-0.39, 0.29) is 18.2 Å². The molecule has 19 heavy (non-hydrogen) atoms. The Bertz CT molecular complexity index is 425. The van der Waals surface area contributed by atoms with Crippen LogP contribution in [0, 0.1) is 11.7 Å². The number of nitrogens with zero attached hydrogens (tertiary/aromatic N) is 1. The van der Waals surface area contributed by atoms with E-state index >= 15 is 0 Å². The molecule has 0 bridgehead atoms. The van der Waals surface area contributed by atoms with Gasteiger partial charge in [-0.2, -0.15) is 0 Å². The second-order valence-corrected chi connectivity index (χ2v) is 5.37. The number of hydrogen-bond donors (Lipinski definition) is 1. The molecule has 106 valence electrons. The number of rotatable bonds is 4. The number of hydrogen-bond acceptors (Lipinski definition) is 3. The molecular weight excluding hydrogens is 245 g/mol. The van der Waals surface area contributed by atoms with E-state index in [0.717, 1.165) is 31.5 Å². The third kappa shape index (κ3) is 3.45. The Hall–Kier alpha value is -1.13. The molecule has 1 saturated heterocycles. The summed E-state index contributed by atoms with van der Waals surface area (Å²) in [5, 5.41) is 9.27. The lowest BCUT2D eigenvalue weighted by Gasteiger charge is -2.37. The van der Waals surface area contributed by atoms with E-state index in [0.29, 0.717) is 12.0 Å². The van der Waals surface area contributed by atoms with Gasteiger partial charge in [-0.15, -0.1) is 0 Å². The van der Waals surface area contributed by atoms with E-state index in [1.54, 1.807) is 6.07 Å². The van der Waals surface area contributed by atoms with Gasteiger partial charge in [-0.05, 0) is 43.4 Å². The number of likely N-dealkylation sites (tertiary alicyclic amines) is 1. The Morgan fingerprint density at radius 2 is 2.21 bits per heavy atom. The van der Waals surface area contributed by atoms with Crippen molar-refractivity contribution in [1.82, 2.24) is 4.90 Å². The molecule has 0 aromatic heterocycles. The van der Waals surface area contributed by atoms with E-state index in [4.69, 9.17) is 4.74 Å². The highest BCUT2D eigenvalue weighted by Gasteiger charge is 2.25.